The number of hydrogen-bond acceptors (Lipinski definition) is 4. The lowest BCUT2D eigenvalue weighted by molar-refractivity contribution is 0.0974. The number of rotatable bonds is 3. The molecule has 16 heavy (non-hydrogen) atoms. The van der Waals surface area contributed by atoms with Crippen LogP contribution in [0.3, 0.4) is 0 Å². The van der Waals surface area contributed by atoms with Gasteiger partial charge in [0.15, 0.2) is 5.76 Å². The molecule has 0 saturated carbocycles. The second kappa shape index (κ2) is 4.06. The minimum atomic E-state index is -0.595. The summed E-state index contributed by atoms with van der Waals surface area (Å²) in [6.07, 6.45) is 3.20. The Hall–Kier alpha value is -2.30. The molecule has 0 aromatic carbocycles. The van der Waals surface area contributed by atoms with Gasteiger partial charge in [-0.05, 0) is 18.2 Å². The number of amides is 1. The molecule has 0 bridgehead atoms. The van der Waals surface area contributed by atoms with Gasteiger partial charge in [0.05, 0.1) is 13.3 Å². The van der Waals surface area contributed by atoms with Crippen molar-refractivity contribution in [3.05, 3.63) is 36.4 Å². The zero-order chi connectivity index (χ0) is 11.5. The molecule has 2 rings (SSSR count). The summed E-state index contributed by atoms with van der Waals surface area (Å²) in [5.41, 5.74) is 5.82. The predicted molar refractivity (Wildman–Crippen MR) is 57.0 cm³/mol. The van der Waals surface area contributed by atoms with Crippen LogP contribution in [0, 0.1) is 0 Å². The first-order chi connectivity index (χ1) is 7.70. The molecular formula is C11H10N2O3. The van der Waals surface area contributed by atoms with Crippen molar-refractivity contribution in [2.45, 2.75) is 0 Å². The molecule has 0 fully saturated rings. The Morgan fingerprint density at radius 1 is 1.44 bits per heavy atom. The van der Waals surface area contributed by atoms with Crippen molar-refractivity contribution < 1.29 is 13.9 Å². The minimum Gasteiger partial charge on any atom is -0.495 e. The molecular weight excluding hydrogens is 208 g/mol. The van der Waals surface area contributed by atoms with Crippen molar-refractivity contribution >= 4 is 5.91 Å². The van der Waals surface area contributed by atoms with Gasteiger partial charge in [-0.2, -0.15) is 0 Å². The number of nitrogens with zero attached hydrogens (tertiary/aromatic N) is 1. The second-order valence-corrected chi connectivity index (χ2v) is 3.14. The van der Waals surface area contributed by atoms with Crippen molar-refractivity contribution in [3.8, 4) is 17.1 Å². The van der Waals surface area contributed by atoms with Crippen molar-refractivity contribution in [3.63, 3.8) is 0 Å². The molecule has 2 heterocycles. The molecule has 0 saturated heterocycles. The summed E-state index contributed by atoms with van der Waals surface area (Å²) in [4.78, 5) is 14.8. The minimum absolute atomic E-state index is 0.123. The number of carbonyl (C=O) groups is 1. The number of carbonyl (C=O) groups excluding carboxylic acids is 1. The summed E-state index contributed by atoms with van der Waals surface area (Å²) in [5, 5.41) is 0. The Labute approximate surface area is 91.8 Å². The Morgan fingerprint density at radius 3 is 2.88 bits per heavy atom. The summed E-state index contributed by atoms with van der Waals surface area (Å²) in [7, 11) is 1.55. The molecule has 0 unspecified atom stereocenters. The van der Waals surface area contributed by atoms with E-state index in [0.717, 1.165) is 5.56 Å². The smallest absolute Gasteiger partial charge is 0.284 e. The van der Waals surface area contributed by atoms with Crippen LogP contribution in [0.25, 0.3) is 11.3 Å². The molecule has 0 spiro atoms. The quantitative estimate of drug-likeness (QED) is 0.845. The molecule has 0 aliphatic rings. The summed E-state index contributed by atoms with van der Waals surface area (Å²) in [6.45, 7) is 0. The normalized spacial score (nSPS) is 10.1. The number of primary amides is 1. The van der Waals surface area contributed by atoms with Crippen LogP contribution in [0.4, 0.5) is 0 Å². The van der Waals surface area contributed by atoms with Crippen molar-refractivity contribution in [1.29, 1.82) is 0 Å². The molecule has 2 aromatic rings. The Kier molecular flexibility index (Phi) is 2.59. The Balaban J connectivity index is 2.38. The van der Waals surface area contributed by atoms with Gasteiger partial charge in [-0.1, -0.05) is 0 Å². The number of pyridine rings is 1. The molecule has 2 aromatic heterocycles. The molecule has 2 N–H and O–H groups in total. The van der Waals surface area contributed by atoms with E-state index in [1.807, 2.05) is 0 Å². The van der Waals surface area contributed by atoms with Crippen LogP contribution >= 0.6 is 0 Å². The van der Waals surface area contributed by atoms with E-state index < -0.39 is 5.91 Å². The number of nitrogens with two attached hydrogens (primary N) is 1. The molecule has 5 heteroatoms. The molecule has 1 amide bonds. The van der Waals surface area contributed by atoms with Crippen molar-refractivity contribution in [1.82, 2.24) is 4.98 Å². The predicted octanol–water partition coefficient (Wildman–Crippen LogP) is 1.45. The lowest BCUT2D eigenvalue weighted by atomic mass is 10.2. The average Bonchev–Trinajstić information content (AvgIpc) is 2.78. The van der Waals surface area contributed by atoms with E-state index in [2.05, 4.69) is 4.98 Å². The third kappa shape index (κ3) is 1.88. The number of ether oxygens (including phenoxy) is 1. The van der Waals surface area contributed by atoms with Crippen LogP contribution in [-0.4, -0.2) is 18.0 Å². The fourth-order valence-corrected chi connectivity index (χ4v) is 1.29. The zero-order valence-corrected chi connectivity index (χ0v) is 8.64. The van der Waals surface area contributed by atoms with Gasteiger partial charge in [0.2, 0.25) is 0 Å². The number of furan rings is 1. The highest BCUT2D eigenvalue weighted by Crippen LogP contribution is 2.24. The van der Waals surface area contributed by atoms with Crippen LogP contribution in [0.15, 0.2) is 35.0 Å². The highest BCUT2D eigenvalue weighted by atomic mass is 16.5. The number of methoxy groups -OCH3 is 1. The van der Waals surface area contributed by atoms with Crippen LogP contribution in [0.5, 0.6) is 5.75 Å². The summed E-state index contributed by atoms with van der Waals surface area (Å²) in [6, 6.07) is 4.95. The van der Waals surface area contributed by atoms with Gasteiger partial charge in [-0.3, -0.25) is 9.78 Å². The van der Waals surface area contributed by atoms with Crippen molar-refractivity contribution in [2.24, 2.45) is 5.73 Å². The first-order valence-corrected chi connectivity index (χ1v) is 4.60. The van der Waals surface area contributed by atoms with Crippen LogP contribution < -0.4 is 10.5 Å². The van der Waals surface area contributed by atoms with Gasteiger partial charge in [-0.15, -0.1) is 0 Å². The SMILES string of the molecule is COc1cncc(-c2ccc(C(N)=O)o2)c1. The topological polar surface area (TPSA) is 78.4 Å². The molecule has 0 aliphatic carbocycles. The summed E-state index contributed by atoms with van der Waals surface area (Å²) in [5.74, 6) is 0.676. The maximum Gasteiger partial charge on any atom is 0.284 e. The molecule has 5 nitrogen and oxygen atoms in total. The Bertz CT molecular complexity index is 519. The number of hydrogen-bond donors (Lipinski definition) is 1. The van der Waals surface area contributed by atoms with E-state index in [-0.39, 0.29) is 5.76 Å². The fourth-order valence-electron chi connectivity index (χ4n) is 1.29. The third-order valence-corrected chi connectivity index (χ3v) is 2.08. The van der Waals surface area contributed by atoms with E-state index >= 15 is 0 Å². The lowest BCUT2D eigenvalue weighted by Gasteiger charge is -2.00. The lowest BCUT2D eigenvalue weighted by Crippen LogP contribution is -2.09. The molecule has 0 atom stereocenters. The zero-order valence-electron chi connectivity index (χ0n) is 8.64. The Morgan fingerprint density at radius 2 is 2.25 bits per heavy atom. The monoisotopic (exact) mass is 218 g/mol. The standard InChI is InChI=1S/C11H10N2O3/c1-15-8-4-7(5-13-6-8)9-2-3-10(16-9)11(12)14/h2-6H,1H3,(H2,12,14). The first kappa shape index (κ1) is 10.2. The summed E-state index contributed by atoms with van der Waals surface area (Å²) < 4.78 is 10.3. The highest BCUT2D eigenvalue weighted by molar-refractivity contribution is 5.90. The third-order valence-electron chi connectivity index (χ3n) is 2.08. The van der Waals surface area contributed by atoms with E-state index in [0.29, 0.717) is 11.5 Å². The van der Waals surface area contributed by atoms with E-state index in [1.165, 1.54) is 6.07 Å². The maximum absolute atomic E-state index is 10.9. The van der Waals surface area contributed by atoms with Gasteiger partial charge in [-0.25, -0.2) is 0 Å². The van der Waals surface area contributed by atoms with Gasteiger partial charge in [0.25, 0.3) is 5.91 Å². The average molecular weight is 218 g/mol. The molecule has 0 radical (unpaired) electrons. The largest absolute Gasteiger partial charge is 0.495 e. The van der Waals surface area contributed by atoms with Crippen LogP contribution in [0.1, 0.15) is 10.6 Å². The van der Waals surface area contributed by atoms with E-state index in [9.17, 15) is 4.79 Å². The summed E-state index contributed by atoms with van der Waals surface area (Å²) >= 11 is 0. The van der Waals surface area contributed by atoms with Crippen molar-refractivity contribution in [2.75, 3.05) is 7.11 Å². The molecule has 0 aliphatic heterocycles. The van der Waals surface area contributed by atoms with Gasteiger partial charge >= 0.3 is 0 Å². The maximum atomic E-state index is 10.9. The van der Waals surface area contributed by atoms with E-state index in [4.69, 9.17) is 14.9 Å². The second-order valence-electron chi connectivity index (χ2n) is 3.14. The van der Waals surface area contributed by atoms with Gasteiger partial charge in [0, 0.05) is 11.8 Å². The first-order valence-electron chi connectivity index (χ1n) is 4.60. The van der Waals surface area contributed by atoms with Gasteiger partial charge < -0.3 is 14.9 Å². The van der Waals surface area contributed by atoms with E-state index in [1.54, 1.807) is 31.6 Å². The van der Waals surface area contributed by atoms with Crippen LogP contribution in [0.2, 0.25) is 0 Å². The van der Waals surface area contributed by atoms with Gasteiger partial charge in [0.1, 0.15) is 11.5 Å². The highest BCUT2D eigenvalue weighted by Gasteiger charge is 2.09. The van der Waals surface area contributed by atoms with Crippen LogP contribution in [-0.2, 0) is 0 Å². The molecule has 82 valence electrons. The number of aromatic nitrogens is 1. The fraction of sp³-hybridized carbons (Fsp3) is 0.0909.